The molecule has 0 radical (unpaired) electrons. The average Bonchev–Trinajstić information content (AvgIpc) is 1.94. The van der Waals surface area contributed by atoms with Crippen LogP contribution in [-0.4, -0.2) is 46.8 Å². The summed E-state index contributed by atoms with van der Waals surface area (Å²) in [6.07, 6.45) is -0.427. The Hall–Kier alpha value is -1.30. The number of nitrogens with two attached hydrogens (primary N) is 1. The van der Waals surface area contributed by atoms with Crippen LogP contribution < -0.4 is 5.73 Å². The van der Waals surface area contributed by atoms with E-state index in [-0.39, 0.29) is 18.4 Å². The zero-order chi connectivity index (χ0) is 13.2. The number of carbonyl (C=O) groups is 2. The van der Waals surface area contributed by atoms with Crippen molar-refractivity contribution < 1.29 is 19.4 Å². The first-order chi connectivity index (χ1) is 7.69. The summed E-state index contributed by atoms with van der Waals surface area (Å²) in [6, 6.07) is -0.397. The molecule has 1 unspecified atom stereocenters. The molecular weight excluding hydrogens is 224 g/mol. The van der Waals surface area contributed by atoms with E-state index in [4.69, 9.17) is 15.6 Å². The van der Waals surface area contributed by atoms with Crippen molar-refractivity contribution in [3.63, 3.8) is 0 Å². The molecule has 0 aromatic carbocycles. The second-order valence-corrected chi connectivity index (χ2v) is 5.41. The van der Waals surface area contributed by atoms with Crippen LogP contribution in [0.4, 0.5) is 4.79 Å². The summed E-state index contributed by atoms with van der Waals surface area (Å²) in [5, 5.41) is 8.60. The van der Waals surface area contributed by atoms with E-state index < -0.39 is 17.6 Å². The molecule has 1 aliphatic heterocycles. The van der Waals surface area contributed by atoms with Gasteiger partial charge in [0.25, 0.3) is 0 Å². The molecule has 17 heavy (non-hydrogen) atoms. The average molecular weight is 244 g/mol. The Labute approximate surface area is 101 Å². The molecule has 1 saturated heterocycles. The summed E-state index contributed by atoms with van der Waals surface area (Å²) in [7, 11) is 0. The van der Waals surface area contributed by atoms with E-state index >= 15 is 0 Å². The highest BCUT2D eigenvalue weighted by molar-refractivity contribution is 5.70. The Kier molecular flexibility index (Phi) is 3.98. The molecule has 6 heteroatoms. The molecular formula is C11H20N2O4. The number of ether oxygens (including phenoxy) is 1. The number of likely N-dealkylation sites (tertiary alicyclic amines) is 1. The van der Waals surface area contributed by atoms with Crippen LogP contribution >= 0.6 is 0 Å². The summed E-state index contributed by atoms with van der Waals surface area (Å²) in [6.45, 7) is 6.36. The highest BCUT2D eigenvalue weighted by atomic mass is 16.6. The fourth-order valence-electron chi connectivity index (χ4n) is 1.63. The molecule has 1 atom stereocenters. The molecule has 1 rings (SSSR count). The van der Waals surface area contributed by atoms with Crippen LogP contribution in [0.5, 0.6) is 0 Å². The minimum absolute atomic E-state index is 0.0543. The maximum atomic E-state index is 11.6. The molecule has 1 fully saturated rings. The number of amides is 1. The highest BCUT2D eigenvalue weighted by Gasteiger charge is 2.37. The van der Waals surface area contributed by atoms with Crippen LogP contribution in [0.25, 0.3) is 0 Å². The Morgan fingerprint density at radius 1 is 1.47 bits per heavy atom. The maximum Gasteiger partial charge on any atom is 0.410 e. The minimum Gasteiger partial charge on any atom is -0.481 e. The molecule has 6 nitrogen and oxygen atoms in total. The van der Waals surface area contributed by atoms with Gasteiger partial charge >= 0.3 is 12.1 Å². The van der Waals surface area contributed by atoms with Crippen LogP contribution in [0.15, 0.2) is 0 Å². The third-order valence-electron chi connectivity index (χ3n) is 2.58. The van der Waals surface area contributed by atoms with Gasteiger partial charge in [-0.2, -0.15) is 0 Å². The normalized spacial score (nSPS) is 18.5. The van der Waals surface area contributed by atoms with Crippen LogP contribution in [0, 0.1) is 5.92 Å². The van der Waals surface area contributed by atoms with E-state index in [0.717, 1.165) is 0 Å². The van der Waals surface area contributed by atoms with Gasteiger partial charge < -0.3 is 20.5 Å². The molecule has 1 amide bonds. The molecule has 0 bridgehead atoms. The summed E-state index contributed by atoms with van der Waals surface area (Å²) in [5.41, 5.74) is 5.20. The van der Waals surface area contributed by atoms with E-state index in [1.807, 2.05) is 0 Å². The lowest BCUT2D eigenvalue weighted by molar-refractivity contribution is -0.138. The third kappa shape index (κ3) is 4.22. The number of hydrogen-bond donors (Lipinski definition) is 2. The van der Waals surface area contributed by atoms with Crippen molar-refractivity contribution in [1.82, 2.24) is 4.90 Å². The Balaban J connectivity index is 2.31. The molecule has 1 heterocycles. The molecule has 0 aromatic heterocycles. The fourth-order valence-corrected chi connectivity index (χ4v) is 1.63. The van der Waals surface area contributed by atoms with Gasteiger partial charge in [0.15, 0.2) is 0 Å². The minimum atomic E-state index is -0.909. The Morgan fingerprint density at radius 3 is 2.41 bits per heavy atom. The third-order valence-corrected chi connectivity index (χ3v) is 2.58. The van der Waals surface area contributed by atoms with Crippen LogP contribution in [-0.2, 0) is 9.53 Å². The lowest BCUT2D eigenvalue weighted by Crippen LogP contribution is -2.57. The second kappa shape index (κ2) is 4.91. The number of nitrogens with zero attached hydrogens (tertiary/aromatic N) is 1. The summed E-state index contributed by atoms with van der Waals surface area (Å²) in [4.78, 5) is 23.6. The molecule has 98 valence electrons. The summed E-state index contributed by atoms with van der Waals surface area (Å²) >= 11 is 0. The van der Waals surface area contributed by atoms with Crippen molar-refractivity contribution in [1.29, 1.82) is 0 Å². The second-order valence-electron chi connectivity index (χ2n) is 5.41. The number of carboxylic acids is 1. The van der Waals surface area contributed by atoms with Crippen LogP contribution in [0.2, 0.25) is 0 Å². The van der Waals surface area contributed by atoms with E-state index in [2.05, 4.69) is 0 Å². The Bertz CT molecular complexity index is 305. The predicted molar refractivity (Wildman–Crippen MR) is 61.5 cm³/mol. The van der Waals surface area contributed by atoms with E-state index in [1.165, 1.54) is 4.90 Å². The zero-order valence-electron chi connectivity index (χ0n) is 10.5. The zero-order valence-corrected chi connectivity index (χ0v) is 10.5. The number of carbonyl (C=O) groups excluding carboxylic acids is 1. The largest absolute Gasteiger partial charge is 0.481 e. The van der Waals surface area contributed by atoms with Gasteiger partial charge in [0, 0.05) is 25.0 Å². The van der Waals surface area contributed by atoms with Crippen molar-refractivity contribution in [2.24, 2.45) is 11.7 Å². The maximum absolute atomic E-state index is 11.6. The van der Waals surface area contributed by atoms with Gasteiger partial charge in [0.05, 0.1) is 6.42 Å². The molecule has 1 aliphatic rings. The van der Waals surface area contributed by atoms with Crippen LogP contribution in [0.1, 0.15) is 27.2 Å². The molecule has 0 spiro atoms. The summed E-state index contributed by atoms with van der Waals surface area (Å²) in [5.74, 6) is -0.855. The van der Waals surface area contributed by atoms with Crippen molar-refractivity contribution in [3.8, 4) is 0 Å². The van der Waals surface area contributed by atoms with Gasteiger partial charge in [0.1, 0.15) is 5.60 Å². The predicted octanol–water partition coefficient (Wildman–Crippen LogP) is 0.655. The molecule has 0 saturated carbocycles. The lowest BCUT2D eigenvalue weighted by atomic mass is 9.90. The summed E-state index contributed by atoms with van der Waals surface area (Å²) < 4.78 is 5.18. The number of rotatable bonds is 3. The van der Waals surface area contributed by atoms with Gasteiger partial charge in [-0.05, 0) is 20.8 Å². The molecule has 3 N–H and O–H groups in total. The van der Waals surface area contributed by atoms with Gasteiger partial charge in [-0.1, -0.05) is 0 Å². The monoisotopic (exact) mass is 244 g/mol. The highest BCUT2D eigenvalue weighted by Crippen LogP contribution is 2.22. The van der Waals surface area contributed by atoms with E-state index in [1.54, 1.807) is 20.8 Å². The van der Waals surface area contributed by atoms with Gasteiger partial charge in [-0.3, -0.25) is 4.79 Å². The van der Waals surface area contributed by atoms with Crippen molar-refractivity contribution >= 4 is 12.1 Å². The first-order valence-corrected chi connectivity index (χ1v) is 5.64. The van der Waals surface area contributed by atoms with Crippen molar-refractivity contribution in [3.05, 3.63) is 0 Å². The van der Waals surface area contributed by atoms with Crippen molar-refractivity contribution in [2.45, 2.75) is 38.8 Å². The Morgan fingerprint density at radius 2 is 2.00 bits per heavy atom. The van der Waals surface area contributed by atoms with Gasteiger partial charge in [0.2, 0.25) is 0 Å². The first-order valence-electron chi connectivity index (χ1n) is 5.64. The number of hydrogen-bond acceptors (Lipinski definition) is 4. The smallest absolute Gasteiger partial charge is 0.410 e. The number of carboxylic acid groups (broad SMARTS) is 1. The van der Waals surface area contributed by atoms with Gasteiger partial charge in [-0.25, -0.2) is 4.79 Å². The van der Waals surface area contributed by atoms with E-state index in [9.17, 15) is 9.59 Å². The SMILES string of the molecule is CC(C)(C)OC(=O)N1CC(C(N)CC(=O)O)C1. The fraction of sp³-hybridized carbons (Fsp3) is 0.818. The molecule has 0 aliphatic carbocycles. The van der Waals surface area contributed by atoms with Crippen molar-refractivity contribution in [2.75, 3.05) is 13.1 Å². The topological polar surface area (TPSA) is 92.9 Å². The standard InChI is InChI=1S/C11H20N2O4/c1-11(2,3)17-10(16)13-5-7(6-13)8(12)4-9(14)15/h7-8H,4-6,12H2,1-3H3,(H,14,15). The van der Waals surface area contributed by atoms with Crippen LogP contribution in [0.3, 0.4) is 0 Å². The van der Waals surface area contributed by atoms with E-state index in [0.29, 0.717) is 13.1 Å². The lowest BCUT2D eigenvalue weighted by Gasteiger charge is -2.42. The quantitative estimate of drug-likeness (QED) is 0.760. The van der Waals surface area contributed by atoms with Gasteiger partial charge in [-0.15, -0.1) is 0 Å². The number of aliphatic carboxylic acids is 1. The molecule has 0 aromatic rings. The first kappa shape index (κ1) is 13.8.